The summed E-state index contributed by atoms with van der Waals surface area (Å²) < 4.78 is 4.72. The normalized spacial score (nSPS) is 11.6. The molecule has 0 aliphatic heterocycles. The lowest BCUT2D eigenvalue weighted by atomic mass is 10.1. The van der Waals surface area contributed by atoms with Gasteiger partial charge < -0.3 is 15.4 Å². The van der Waals surface area contributed by atoms with Crippen molar-refractivity contribution in [2.75, 3.05) is 19.0 Å². The van der Waals surface area contributed by atoms with Crippen LogP contribution in [0.5, 0.6) is 0 Å². The van der Waals surface area contributed by atoms with Crippen molar-refractivity contribution in [3.63, 3.8) is 0 Å². The SMILES string of the molecule is CCNC(=O)Cc1ccc(NC(CC)C(=O)OC)cc1. The molecule has 1 aromatic carbocycles. The van der Waals surface area contributed by atoms with E-state index in [9.17, 15) is 9.59 Å². The zero-order chi connectivity index (χ0) is 15.0. The second kappa shape index (κ2) is 8.19. The van der Waals surface area contributed by atoms with E-state index >= 15 is 0 Å². The van der Waals surface area contributed by atoms with Crippen LogP contribution in [0.15, 0.2) is 24.3 Å². The highest BCUT2D eigenvalue weighted by Crippen LogP contribution is 2.13. The summed E-state index contributed by atoms with van der Waals surface area (Å²) in [5, 5.41) is 5.87. The molecule has 5 heteroatoms. The van der Waals surface area contributed by atoms with Crippen LogP contribution >= 0.6 is 0 Å². The molecular weight excluding hydrogens is 256 g/mol. The zero-order valence-electron chi connectivity index (χ0n) is 12.2. The maximum absolute atomic E-state index is 11.5. The van der Waals surface area contributed by atoms with Crippen molar-refractivity contribution >= 4 is 17.6 Å². The number of carbonyl (C=O) groups is 2. The molecule has 0 fully saturated rings. The van der Waals surface area contributed by atoms with E-state index in [2.05, 4.69) is 10.6 Å². The van der Waals surface area contributed by atoms with Crippen molar-refractivity contribution < 1.29 is 14.3 Å². The van der Waals surface area contributed by atoms with Gasteiger partial charge in [0.15, 0.2) is 0 Å². The Morgan fingerprint density at radius 3 is 2.35 bits per heavy atom. The Morgan fingerprint density at radius 1 is 1.20 bits per heavy atom. The summed E-state index contributed by atoms with van der Waals surface area (Å²) in [6.07, 6.45) is 1.01. The Bertz CT molecular complexity index is 443. The molecule has 1 rings (SSSR count). The summed E-state index contributed by atoms with van der Waals surface area (Å²) in [6, 6.07) is 7.12. The fourth-order valence-electron chi connectivity index (χ4n) is 1.83. The second-order valence-electron chi connectivity index (χ2n) is 4.46. The van der Waals surface area contributed by atoms with Crippen LogP contribution in [0.25, 0.3) is 0 Å². The number of carbonyl (C=O) groups excluding carboxylic acids is 2. The molecule has 0 aromatic heterocycles. The van der Waals surface area contributed by atoms with Gasteiger partial charge in [-0.15, -0.1) is 0 Å². The number of likely N-dealkylation sites (N-methyl/N-ethyl adjacent to an activating group) is 1. The molecule has 1 atom stereocenters. The summed E-state index contributed by atoms with van der Waals surface area (Å²) in [7, 11) is 1.38. The first kappa shape index (κ1) is 16.0. The van der Waals surface area contributed by atoms with E-state index in [-0.39, 0.29) is 17.9 Å². The summed E-state index contributed by atoms with van der Waals surface area (Å²) in [6.45, 7) is 4.44. The van der Waals surface area contributed by atoms with Gasteiger partial charge in [0.05, 0.1) is 13.5 Å². The highest BCUT2D eigenvalue weighted by Gasteiger charge is 2.16. The summed E-state index contributed by atoms with van der Waals surface area (Å²) in [4.78, 5) is 23.0. The molecule has 1 aromatic rings. The molecule has 0 aliphatic carbocycles. The molecule has 5 nitrogen and oxygen atoms in total. The summed E-state index contributed by atoms with van der Waals surface area (Å²) >= 11 is 0. The molecule has 110 valence electrons. The number of nitrogens with one attached hydrogen (secondary N) is 2. The van der Waals surface area contributed by atoms with Gasteiger partial charge in [0.2, 0.25) is 5.91 Å². The van der Waals surface area contributed by atoms with Crippen molar-refractivity contribution in [3.05, 3.63) is 29.8 Å². The maximum Gasteiger partial charge on any atom is 0.328 e. The predicted molar refractivity (Wildman–Crippen MR) is 78.5 cm³/mol. The highest BCUT2D eigenvalue weighted by molar-refractivity contribution is 5.80. The Labute approximate surface area is 119 Å². The van der Waals surface area contributed by atoms with Gasteiger partial charge in [-0.25, -0.2) is 4.79 Å². The summed E-state index contributed by atoms with van der Waals surface area (Å²) in [5.41, 5.74) is 1.77. The number of hydrogen-bond acceptors (Lipinski definition) is 4. The molecule has 0 spiro atoms. The van der Waals surface area contributed by atoms with Crippen molar-refractivity contribution in [2.24, 2.45) is 0 Å². The van der Waals surface area contributed by atoms with E-state index in [1.165, 1.54) is 7.11 Å². The van der Waals surface area contributed by atoms with E-state index in [0.717, 1.165) is 11.3 Å². The van der Waals surface area contributed by atoms with Gasteiger partial charge in [-0.05, 0) is 31.0 Å². The summed E-state index contributed by atoms with van der Waals surface area (Å²) in [5.74, 6) is -0.270. The molecule has 0 bridgehead atoms. The third kappa shape index (κ3) is 4.91. The first-order valence-corrected chi connectivity index (χ1v) is 6.80. The number of amides is 1. The van der Waals surface area contributed by atoms with Crippen LogP contribution in [0, 0.1) is 0 Å². The molecule has 0 saturated heterocycles. The van der Waals surface area contributed by atoms with E-state index in [0.29, 0.717) is 19.4 Å². The Morgan fingerprint density at radius 2 is 1.85 bits per heavy atom. The topological polar surface area (TPSA) is 67.4 Å². The number of benzene rings is 1. The average Bonchev–Trinajstić information content (AvgIpc) is 2.46. The lowest BCUT2D eigenvalue weighted by molar-refractivity contribution is -0.141. The van der Waals surface area contributed by atoms with E-state index in [1.807, 2.05) is 38.1 Å². The predicted octanol–water partition coefficient (Wildman–Crippen LogP) is 1.73. The number of hydrogen-bond donors (Lipinski definition) is 2. The molecule has 0 aliphatic rings. The van der Waals surface area contributed by atoms with Crippen LogP contribution in [0.4, 0.5) is 5.69 Å². The lowest BCUT2D eigenvalue weighted by Crippen LogP contribution is -2.29. The zero-order valence-corrected chi connectivity index (χ0v) is 12.2. The van der Waals surface area contributed by atoms with E-state index in [1.54, 1.807) is 0 Å². The second-order valence-corrected chi connectivity index (χ2v) is 4.46. The average molecular weight is 278 g/mol. The number of anilines is 1. The van der Waals surface area contributed by atoms with Gasteiger partial charge in [0.1, 0.15) is 6.04 Å². The molecule has 2 N–H and O–H groups in total. The fourth-order valence-corrected chi connectivity index (χ4v) is 1.83. The molecule has 1 amide bonds. The Balaban J connectivity index is 2.62. The fraction of sp³-hybridized carbons (Fsp3) is 0.467. The van der Waals surface area contributed by atoms with Crippen molar-refractivity contribution in [3.8, 4) is 0 Å². The molecule has 0 saturated carbocycles. The van der Waals surface area contributed by atoms with Crippen LogP contribution in [0.3, 0.4) is 0 Å². The lowest BCUT2D eigenvalue weighted by Gasteiger charge is -2.16. The first-order chi connectivity index (χ1) is 9.60. The van der Waals surface area contributed by atoms with Crippen molar-refractivity contribution in [1.29, 1.82) is 0 Å². The van der Waals surface area contributed by atoms with Crippen LogP contribution in [0.2, 0.25) is 0 Å². The third-order valence-electron chi connectivity index (χ3n) is 2.93. The smallest absolute Gasteiger partial charge is 0.328 e. The Hall–Kier alpha value is -2.04. The Kier molecular flexibility index (Phi) is 6.56. The van der Waals surface area contributed by atoms with Crippen molar-refractivity contribution in [1.82, 2.24) is 5.32 Å². The molecule has 1 unspecified atom stereocenters. The van der Waals surface area contributed by atoms with Gasteiger partial charge in [-0.1, -0.05) is 19.1 Å². The maximum atomic E-state index is 11.5. The van der Waals surface area contributed by atoms with E-state index in [4.69, 9.17) is 4.74 Å². The van der Waals surface area contributed by atoms with Crippen LogP contribution in [-0.4, -0.2) is 31.6 Å². The van der Waals surface area contributed by atoms with Crippen LogP contribution < -0.4 is 10.6 Å². The van der Waals surface area contributed by atoms with Gasteiger partial charge in [0, 0.05) is 12.2 Å². The number of esters is 1. The molecular formula is C15H22N2O3. The number of ether oxygens (including phenoxy) is 1. The largest absolute Gasteiger partial charge is 0.467 e. The number of methoxy groups -OCH3 is 1. The van der Waals surface area contributed by atoms with Crippen molar-refractivity contribution in [2.45, 2.75) is 32.7 Å². The van der Waals surface area contributed by atoms with Crippen LogP contribution in [-0.2, 0) is 20.7 Å². The highest BCUT2D eigenvalue weighted by atomic mass is 16.5. The minimum absolute atomic E-state index is 0.00852. The third-order valence-corrected chi connectivity index (χ3v) is 2.93. The minimum Gasteiger partial charge on any atom is -0.467 e. The van der Waals surface area contributed by atoms with Crippen LogP contribution in [0.1, 0.15) is 25.8 Å². The monoisotopic (exact) mass is 278 g/mol. The standard InChI is InChI=1S/C15H22N2O3/c1-4-13(15(19)20-3)17-12-8-6-11(7-9-12)10-14(18)16-5-2/h6-9,13,17H,4-5,10H2,1-3H3,(H,16,18). The first-order valence-electron chi connectivity index (χ1n) is 6.80. The van der Waals surface area contributed by atoms with Gasteiger partial charge in [-0.2, -0.15) is 0 Å². The van der Waals surface area contributed by atoms with Gasteiger partial charge in [-0.3, -0.25) is 4.79 Å². The minimum atomic E-state index is -0.353. The molecule has 0 radical (unpaired) electrons. The van der Waals surface area contributed by atoms with Gasteiger partial charge in [0.25, 0.3) is 0 Å². The molecule has 0 heterocycles. The molecule has 20 heavy (non-hydrogen) atoms. The quantitative estimate of drug-likeness (QED) is 0.745. The number of rotatable bonds is 7. The van der Waals surface area contributed by atoms with E-state index < -0.39 is 0 Å². The van der Waals surface area contributed by atoms with Gasteiger partial charge >= 0.3 is 5.97 Å².